The molecule has 1 saturated heterocycles. The topological polar surface area (TPSA) is 44.4 Å². The molecule has 1 atom stereocenters. The van der Waals surface area contributed by atoms with Gasteiger partial charge in [0.1, 0.15) is 0 Å². The van der Waals surface area contributed by atoms with E-state index in [1.54, 1.807) is 12.1 Å². The summed E-state index contributed by atoms with van der Waals surface area (Å²) in [5.41, 5.74) is 0.408. The van der Waals surface area contributed by atoms with E-state index in [0.717, 1.165) is 19.6 Å². The van der Waals surface area contributed by atoms with Crippen molar-refractivity contribution < 1.29 is 4.79 Å². The summed E-state index contributed by atoms with van der Waals surface area (Å²) < 4.78 is 0. The van der Waals surface area contributed by atoms with Gasteiger partial charge in [0.25, 0.3) is 0 Å². The summed E-state index contributed by atoms with van der Waals surface area (Å²) in [5.74, 6) is -0.134. The standard InChI is InChI=1S/C13H16Cl3N3O.ClH/c1-8-6-17-2-3-19(8)7-12(20)18-13-10(15)4-9(14)5-11(13)16;/h4-5,8,17H,2-3,6-7H2,1H3,(H,18,20);1H/t8-;/m1./s1. The van der Waals surface area contributed by atoms with Crippen molar-refractivity contribution in [1.82, 2.24) is 10.2 Å². The van der Waals surface area contributed by atoms with Crippen molar-refractivity contribution in [2.45, 2.75) is 13.0 Å². The fraction of sp³-hybridized carbons (Fsp3) is 0.462. The van der Waals surface area contributed by atoms with Crippen LogP contribution in [0.3, 0.4) is 0 Å². The van der Waals surface area contributed by atoms with Gasteiger partial charge in [0.05, 0.1) is 22.3 Å². The number of hydrogen-bond acceptors (Lipinski definition) is 3. The Balaban J connectivity index is 0.00000220. The van der Waals surface area contributed by atoms with Gasteiger partial charge in [-0.3, -0.25) is 9.69 Å². The van der Waals surface area contributed by atoms with E-state index in [-0.39, 0.29) is 18.3 Å². The van der Waals surface area contributed by atoms with Gasteiger partial charge in [-0.25, -0.2) is 0 Å². The minimum Gasteiger partial charge on any atom is -0.322 e. The summed E-state index contributed by atoms with van der Waals surface area (Å²) in [4.78, 5) is 14.2. The highest BCUT2D eigenvalue weighted by Gasteiger charge is 2.21. The van der Waals surface area contributed by atoms with Gasteiger partial charge in [-0.05, 0) is 19.1 Å². The average molecular weight is 373 g/mol. The Hall–Kier alpha value is -0.230. The zero-order chi connectivity index (χ0) is 14.7. The lowest BCUT2D eigenvalue weighted by Gasteiger charge is -2.33. The second-order valence-electron chi connectivity index (χ2n) is 4.82. The molecule has 2 N–H and O–H groups in total. The third-order valence-electron chi connectivity index (χ3n) is 3.26. The van der Waals surface area contributed by atoms with Crippen LogP contribution in [-0.2, 0) is 4.79 Å². The molecule has 1 heterocycles. The summed E-state index contributed by atoms with van der Waals surface area (Å²) >= 11 is 17.9. The lowest BCUT2D eigenvalue weighted by molar-refractivity contribution is -0.118. The monoisotopic (exact) mass is 371 g/mol. The summed E-state index contributed by atoms with van der Waals surface area (Å²) in [5, 5.41) is 7.14. The number of nitrogens with zero attached hydrogens (tertiary/aromatic N) is 1. The molecule has 1 amide bonds. The fourth-order valence-corrected chi connectivity index (χ4v) is 3.05. The number of carbonyl (C=O) groups is 1. The van der Waals surface area contributed by atoms with Crippen LogP contribution in [0.5, 0.6) is 0 Å². The average Bonchev–Trinajstić information content (AvgIpc) is 2.36. The van der Waals surface area contributed by atoms with E-state index < -0.39 is 0 Å². The van der Waals surface area contributed by atoms with E-state index in [0.29, 0.717) is 33.3 Å². The van der Waals surface area contributed by atoms with E-state index in [2.05, 4.69) is 22.5 Å². The molecule has 0 saturated carbocycles. The number of carbonyl (C=O) groups excluding carboxylic acids is 1. The fourth-order valence-electron chi connectivity index (χ4n) is 2.14. The van der Waals surface area contributed by atoms with Crippen LogP contribution in [0, 0.1) is 0 Å². The van der Waals surface area contributed by atoms with Crippen LogP contribution in [-0.4, -0.2) is 43.0 Å². The van der Waals surface area contributed by atoms with Crippen LogP contribution in [0.2, 0.25) is 15.1 Å². The normalized spacial score (nSPS) is 19.0. The second kappa shape index (κ2) is 8.42. The highest BCUT2D eigenvalue weighted by Crippen LogP contribution is 2.33. The number of rotatable bonds is 3. The predicted octanol–water partition coefficient (Wildman–Crippen LogP) is 3.30. The molecule has 0 aliphatic carbocycles. The zero-order valence-corrected chi connectivity index (χ0v) is 14.5. The van der Waals surface area contributed by atoms with Crippen LogP contribution in [0.1, 0.15) is 6.92 Å². The first-order valence-electron chi connectivity index (χ1n) is 6.36. The largest absolute Gasteiger partial charge is 0.322 e. The van der Waals surface area contributed by atoms with Gasteiger partial charge in [-0.15, -0.1) is 12.4 Å². The highest BCUT2D eigenvalue weighted by atomic mass is 35.5. The smallest absolute Gasteiger partial charge is 0.238 e. The quantitative estimate of drug-likeness (QED) is 0.855. The molecule has 0 unspecified atom stereocenters. The van der Waals surface area contributed by atoms with Gasteiger partial charge in [0.15, 0.2) is 0 Å². The zero-order valence-electron chi connectivity index (χ0n) is 11.5. The number of anilines is 1. The van der Waals surface area contributed by atoms with Gasteiger partial charge in [0, 0.05) is 30.7 Å². The minimum atomic E-state index is -0.134. The van der Waals surface area contributed by atoms with Gasteiger partial charge in [0.2, 0.25) is 5.91 Å². The molecule has 0 aromatic heterocycles. The number of halogens is 4. The number of benzene rings is 1. The minimum absolute atomic E-state index is 0. The van der Waals surface area contributed by atoms with Crippen LogP contribution >= 0.6 is 47.2 Å². The van der Waals surface area contributed by atoms with Gasteiger partial charge in [-0.2, -0.15) is 0 Å². The maximum Gasteiger partial charge on any atom is 0.238 e. The Labute approximate surface area is 145 Å². The summed E-state index contributed by atoms with van der Waals surface area (Å²) in [7, 11) is 0. The van der Waals surface area contributed by atoms with Crippen LogP contribution < -0.4 is 10.6 Å². The molecule has 21 heavy (non-hydrogen) atoms. The summed E-state index contributed by atoms with van der Waals surface area (Å²) in [6, 6.07) is 3.43. The van der Waals surface area contributed by atoms with Crippen molar-refractivity contribution in [3.05, 3.63) is 27.2 Å². The van der Waals surface area contributed by atoms with E-state index in [1.165, 1.54) is 0 Å². The van der Waals surface area contributed by atoms with Crippen molar-refractivity contribution in [3.8, 4) is 0 Å². The van der Waals surface area contributed by atoms with E-state index in [9.17, 15) is 4.79 Å². The molecule has 1 aliphatic rings. The van der Waals surface area contributed by atoms with E-state index in [1.807, 2.05) is 0 Å². The van der Waals surface area contributed by atoms with Crippen LogP contribution in [0.4, 0.5) is 5.69 Å². The Morgan fingerprint density at radius 3 is 2.57 bits per heavy atom. The lowest BCUT2D eigenvalue weighted by atomic mass is 10.2. The van der Waals surface area contributed by atoms with Gasteiger partial charge >= 0.3 is 0 Å². The Bertz CT molecular complexity index is 489. The first kappa shape index (κ1) is 18.8. The molecule has 8 heteroatoms. The maximum atomic E-state index is 12.1. The lowest BCUT2D eigenvalue weighted by Crippen LogP contribution is -2.52. The van der Waals surface area contributed by atoms with E-state index >= 15 is 0 Å². The molecule has 2 rings (SSSR count). The van der Waals surface area contributed by atoms with Crippen molar-refractivity contribution in [3.63, 3.8) is 0 Å². The molecular weight excluding hydrogens is 356 g/mol. The number of hydrogen-bond donors (Lipinski definition) is 2. The SMILES string of the molecule is C[C@@H]1CNCCN1CC(=O)Nc1c(Cl)cc(Cl)cc1Cl.Cl. The molecule has 0 bridgehead atoms. The highest BCUT2D eigenvalue weighted by molar-refractivity contribution is 6.42. The molecule has 0 radical (unpaired) electrons. The molecule has 0 spiro atoms. The van der Waals surface area contributed by atoms with Gasteiger partial charge in [-0.1, -0.05) is 34.8 Å². The first-order valence-corrected chi connectivity index (χ1v) is 7.50. The van der Waals surface area contributed by atoms with Gasteiger partial charge < -0.3 is 10.6 Å². The predicted molar refractivity (Wildman–Crippen MR) is 91.3 cm³/mol. The number of amides is 1. The maximum absolute atomic E-state index is 12.1. The molecule has 118 valence electrons. The summed E-state index contributed by atoms with van der Waals surface area (Å²) in [6.45, 7) is 5.02. The van der Waals surface area contributed by atoms with Crippen molar-refractivity contribution >= 4 is 58.8 Å². The second-order valence-corrected chi connectivity index (χ2v) is 6.07. The Kier molecular flexibility index (Phi) is 7.54. The van der Waals surface area contributed by atoms with Crippen molar-refractivity contribution in [2.75, 3.05) is 31.5 Å². The molecule has 1 aromatic rings. The number of piperazine rings is 1. The molecule has 4 nitrogen and oxygen atoms in total. The third kappa shape index (κ3) is 5.16. The number of nitrogens with one attached hydrogen (secondary N) is 2. The van der Waals surface area contributed by atoms with Crippen molar-refractivity contribution in [2.24, 2.45) is 0 Å². The molecule has 1 fully saturated rings. The first-order chi connectivity index (χ1) is 9.47. The van der Waals surface area contributed by atoms with Crippen LogP contribution in [0.25, 0.3) is 0 Å². The van der Waals surface area contributed by atoms with Crippen molar-refractivity contribution in [1.29, 1.82) is 0 Å². The third-order valence-corrected chi connectivity index (χ3v) is 4.07. The Morgan fingerprint density at radius 1 is 1.38 bits per heavy atom. The van der Waals surface area contributed by atoms with Crippen LogP contribution in [0.15, 0.2) is 12.1 Å². The Morgan fingerprint density at radius 2 is 2.00 bits per heavy atom. The summed E-state index contributed by atoms with van der Waals surface area (Å²) in [6.07, 6.45) is 0. The molecular formula is C13H17Cl4N3O. The van der Waals surface area contributed by atoms with E-state index in [4.69, 9.17) is 34.8 Å². The molecule has 1 aromatic carbocycles. The molecule has 1 aliphatic heterocycles.